The quantitative estimate of drug-likeness (QED) is 0.487. The van der Waals surface area contributed by atoms with Gasteiger partial charge in [-0.05, 0) is 40.9 Å². The van der Waals surface area contributed by atoms with Crippen LogP contribution in [0, 0.1) is 13.8 Å². The molecule has 3 nitrogen and oxygen atoms in total. The van der Waals surface area contributed by atoms with E-state index in [1.165, 1.54) is 6.20 Å². The summed E-state index contributed by atoms with van der Waals surface area (Å²) in [4.78, 5) is 0. The number of aryl methyl sites for hydroxylation is 2. The first kappa shape index (κ1) is 13.4. The van der Waals surface area contributed by atoms with Gasteiger partial charge in [-0.25, -0.2) is 0 Å². The largest absolute Gasteiger partial charge is 0.449 e. The Morgan fingerprint density at radius 2 is 1.78 bits per heavy atom. The van der Waals surface area contributed by atoms with Crippen molar-refractivity contribution in [2.24, 2.45) is 0 Å². The molecule has 18 heavy (non-hydrogen) atoms. The first-order valence-electron chi connectivity index (χ1n) is 5.33. The molecule has 0 spiro atoms. The molecule has 0 fully saturated rings. The van der Waals surface area contributed by atoms with Crippen LogP contribution in [0.25, 0.3) is 0 Å². The highest BCUT2D eigenvalue weighted by atomic mass is 79.9. The van der Waals surface area contributed by atoms with Gasteiger partial charge in [-0.2, -0.15) is 0 Å². The molecule has 0 radical (unpaired) electrons. The molecule has 1 heterocycles. The summed E-state index contributed by atoms with van der Waals surface area (Å²) < 4.78 is 8.13. The van der Waals surface area contributed by atoms with E-state index in [1.807, 2.05) is 32.0 Å². The summed E-state index contributed by atoms with van der Waals surface area (Å²) >= 11 is 6.63. The highest BCUT2D eigenvalue weighted by molar-refractivity contribution is 9.11. The predicted molar refractivity (Wildman–Crippen MR) is 75.2 cm³/mol. The Bertz CT molecular complexity index is 580. The molecule has 0 bridgehead atoms. The molecule has 94 valence electrons. The summed E-state index contributed by atoms with van der Waals surface area (Å²) in [7, 11) is 0. The summed E-state index contributed by atoms with van der Waals surface area (Å²) in [5, 5.41) is 9.61. The Hall–Kier alpha value is -1.07. The number of para-hydroxylation sites is 1. The van der Waals surface area contributed by atoms with Crippen LogP contribution in [0.4, 0.5) is 0 Å². The lowest BCUT2D eigenvalue weighted by molar-refractivity contribution is -0.913. The topological polar surface area (TPSA) is 33.3 Å². The van der Waals surface area contributed by atoms with E-state index < -0.39 is 0 Å². The lowest BCUT2D eigenvalue weighted by atomic mass is 10.1. The highest BCUT2D eigenvalue weighted by Gasteiger charge is 2.16. The van der Waals surface area contributed by atoms with E-state index in [-0.39, 0.29) is 0 Å². The summed E-state index contributed by atoms with van der Waals surface area (Å²) in [6.45, 7) is 3.98. The fourth-order valence-electron chi connectivity index (χ4n) is 1.62. The zero-order valence-corrected chi connectivity index (χ0v) is 13.1. The fraction of sp³-hybridized carbons (Fsp3) is 0.154. The number of nitrogens with zero attached hydrogens (tertiary/aromatic N) is 1. The van der Waals surface area contributed by atoms with Gasteiger partial charge < -0.3 is 4.74 Å². The van der Waals surface area contributed by atoms with Gasteiger partial charge in [0.15, 0.2) is 0 Å². The van der Waals surface area contributed by atoms with Crippen LogP contribution < -0.4 is 9.47 Å². The zero-order valence-electron chi connectivity index (χ0n) is 9.95. The average molecular weight is 374 g/mol. The number of hydrogen-bond acceptors (Lipinski definition) is 2. The lowest BCUT2D eigenvalue weighted by Crippen LogP contribution is -2.31. The standard InChI is InChI=1S/C13H12Br2NO2/c1-8-4-3-5-9(2)13(8)18-11-7-16(17)12(15)6-10(11)14/h3-7,17H,1-2H3/q+1. The van der Waals surface area contributed by atoms with E-state index in [2.05, 4.69) is 31.9 Å². The summed E-state index contributed by atoms with van der Waals surface area (Å²) in [6, 6.07) is 7.69. The third-order valence-electron chi connectivity index (χ3n) is 2.56. The molecule has 0 aliphatic heterocycles. The Labute approximate surface area is 122 Å². The third kappa shape index (κ3) is 2.67. The van der Waals surface area contributed by atoms with Gasteiger partial charge in [0, 0.05) is 26.7 Å². The van der Waals surface area contributed by atoms with Gasteiger partial charge in [-0.3, -0.25) is 5.21 Å². The second-order valence-corrected chi connectivity index (χ2v) is 5.64. The first-order valence-corrected chi connectivity index (χ1v) is 6.91. The first-order chi connectivity index (χ1) is 8.49. The van der Waals surface area contributed by atoms with Crippen LogP contribution in [-0.2, 0) is 0 Å². The van der Waals surface area contributed by atoms with Crippen molar-refractivity contribution in [3.05, 3.63) is 50.7 Å². The Kier molecular flexibility index (Phi) is 3.92. The molecule has 0 unspecified atom stereocenters. The smallest absolute Gasteiger partial charge is 0.299 e. The number of aromatic nitrogens is 1. The number of halogens is 2. The predicted octanol–water partition coefficient (Wildman–Crippen LogP) is 4.15. The molecule has 0 aliphatic rings. The van der Waals surface area contributed by atoms with Crippen molar-refractivity contribution in [2.75, 3.05) is 0 Å². The third-order valence-corrected chi connectivity index (χ3v) is 3.77. The monoisotopic (exact) mass is 372 g/mol. The van der Waals surface area contributed by atoms with Crippen molar-refractivity contribution in [3.63, 3.8) is 0 Å². The maximum atomic E-state index is 9.61. The van der Waals surface area contributed by atoms with Crippen molar-refractivity contribution in [1.82, 2.24) is 0 Å². The normalized spacial score (nSPS) is 10.4. The van der Waals surface area contributed by atoms with Crippen molar-refractivity contribution >= 4 is 31.9 Å². The van der Waals surface area contributed by atoms with E-state index in [9.17, 15) is 5.21 Å². The van der Waals surface area contributed by atoms with Gasteiger partial charge in [0.25, 0.3) is 10.8 Å². The molecule has 1 N–H and O–H groups in total. The Morgan fingerprint density at radius 1 is 1.17 bits per heavy atom. The zero-order chi connectivity index (χ0) is 13.3. The number of hydrogen-bond donors (Lipinski definition) is 1. The molecule has 5 heteroatoms. The molecule has 0 atom stereocenters. The minimum atomic E-state index is 0.545. The summed E-state index contributed by atoms with van der Waals surface area (Å²) in [6.07, 6.45) is 1.50. The van der Waals surface area contributed by atoms with Gasteiger partial charge in [0.05, 0.1) is 4.47 Å². The maximum Gasteiger partial charge on any atom is 0.299 e. The van der Waals surface area contributed by atoms with Gasteiger partial charge in [0.2, 0.25) is 5.75 Å². The Morgan fingerprint density at radius 3 is 2.39 bits per heavy atom. The van der Waals surface area contributed by atoms with E-state index in [4.69, 9.17) is 4.74 Å². The van der Waals surface area contributed by atoms with Crippen molar-refractivity contribution < 1.29 is 14.7 Å². The number of benzene rings is 1. The van der Waals surface area contributed by atoms with Crippen molar-refractivity contribution in [3.8, 4) is 11.5 Å². The van der Waals surface area contributed by atoms with Crippen LogP contribution in [0.2, 0.25) is 0 Å². The number of pyridine rings is 1. The molecular formula is C13H12Br2NO2+. The molecule has 0 amide bonds. The molecule has 0 aliphatic carbocycles. The molecule has 0 saturated carbocycles. The number of rotatable bonds is 2. The van der Waals surface area contributed by atoms with Gasteiger partial charge in [-0.15, -0.1) is 0 Å². The van der Waals surface area contributed by atoms with Crippen LogP contribution in [0.15, 0.2) is 39.5 Å². The van der Waals surface area contributed by atoms with E-state index in [0.717, 1.165) is 26.1 Å². The Balaban J connectivity index is 2.43. The summed E-state index contributed by atoms with van der Waals surface area (Å²) in [5.74, 6) is 1.36. The number of ether oxygens (including phenoxy) is 1. The minimum absolute atomic E-state index is 0.545. The maximum absolute atomic E-state index is 9.61. The van der Waals surface area contributed by atoms with Crippen LogP contribution in [0.1, 0.15) is 11.1 Å². The molecule has 1 aromatic carbocycles. The molecule has 2 rings (SSSR count). The van der Waals surface area contributed by atoms with Crippen molar-refractivity contribution in [1.29, 1.82) is 0 Å². The van der Waals surface area contributed by atoms with Crippen LogP contribution >= 0.6 is 31.9 Å². The fourth-order valence-corrected chi connectivity index (χ4v) is 2.66. The van der Waals surface area contributed by atoms with Gasteiger partial charge in [-0.1, -0.05) is 18.2 Å². The second kappa shape index (κ2) is 5.28. The highest BCUT2D eigenvalue weighted by Crippen LogP contribution is 2.33. The van der Waals surface area contributed by atoms with E-state index in [0.29, 0.717) is 10.4 Å². The molecular weight excluding hydrogens is 362 g/mol. The van der Waals surface area contributed by atoms with E-state index in [1.54, 1.807) is 6.07 Å². The van der Waals surface area contributed by atoms with E-state index >= 15 is 0 Å². The second-order valence-electron chi connectivity index (χ2n) is 3.98. The van der Waals surface area contributed by atoms with Crippen LogP contribution in [-0.4, -0.2) is 5.21 Å². The summed E-state index contributed by atoms with van der Waals surface area (Å²) in [5.41, 5.74) is 2.10. The van der Waals surface area contributed by atoms with Gasteiger partial charge >= 0.3 is 0 Å². The van der Waals surface area contributed by atoms with Crippen molar-refractivity contribution in [2.45, 2.75) is 13.8 Å². The average Bonchev–Trinajstić information content (AvgIpc) is 2.30. The van der Waals surface area contributed by atoms with Crippen LogP contribution in [0.5, 0.6) is 11.5 Å². The van der Waals surface area contributed by atoms with Crippen LogP contribution in [0.3, 0.4) is 0 Å². The molecule has 1 aromatic heterocycles. The lowest BCUT2D eigenvalue weighted by Gasteiger charge is -2.11. The minimum Gasteiger partial charge on any atom is -0.449 e. The SMILES string of the molecule is Cc1cccc(C)c1Oc1c[n+](O)c(Br)cc1Br. The molecule has 0 saturated heterocycles. The molecule has 2 aromatic rings. The van der Waals surface area contributed by atoms with Gasteiger partial charge in [0.1, 0.15) is 5.75 Å².